The first-order valence-corrected chi connectivity index (χ1v) is 11.3. The van der Waals surface area contributed by atoms with E-state index in [4.69, 9.17) is 0 Å². The summed E-state index contributed by atoms with van der Waals surface area (Å²) in [6, 6.07) is 9.82. The second-order valence-corrected chi connectivity index (χ2v) is 9.44. The van der Waals surface area contributed by atoms with Crippen LogP contribution >= 0.6 is 0 Å². The molecule has 1 saturated heterocycles. The van der Waals surface area contributed by atoms with Gasteiger partial charge in [0.25, 0.3) is 0 Å². The smallest absolute Gasteiger partial charge is 0.173 e. The Hall–Kier alpha value is -1.79. The average molecular weight is 397 g/mol. The van der Waals surface area contributed by atoms with Gasteiger partial charge in [-0.15, -0.1) is 5.10 Å². The molecule has 6 nitrogen and oxygen atoms in total. The maximum absolute atomic E-state index is 4.55. The van der Waals surface area contributed by atoms with Crippen molar-refractivity contribution in [2.45, 2.75) is 77.4 Å². The van der Waals surface area contributed by atoms with Crippen molar-refractivity contribution in [1.82, 2.24) is 30.0 Å². The summed E-state index contributed by atoms with van der Waals surface area (Å²) in [6.45, 7) is 13.2. The van der Waals surface area contributed by atoms with E-state index in [1.807, 2.05) is 0 Å². The van der Waals surface area contributed by atoms with Crippen molar-refractivity contribution < 1.29 is 0 Å². The number of hydrogen-bond donors (Lipinski definition) is 0. The van der Waals surface area contributed by atoms with Gasteiger partial charge in [-0.25, -0.2) is 4.68 Å². The normalized spacial score (nSPS) is 21.0. The molecule has 4 rings (SSSR count). The molecule has 29 heavy (non-hydrogen) atoms. The number of nitrogens with zero attached hydrogens (tertiary/aromatic N) is 6. The standard InChI is InChI=1S/C23H36N6/c1-5-23(3,4)29-22(24-25-26-29)21(19-12-10-18(2)11-13-19)28-16-14-27(15-17-28)20-8-6-7-9-20/h10-13,20-21H,5-9,14-17H2,1-4H3/t21-/m1/s1. The molecule has 0 amide bonds. The number of rotatable bonds is 6. The van der Waals surface area contributed by atoms with Crippen LogP contribution in [0, 0.1) is 6.92 Å². The van der Waals surface area contributed by atoms with Gasteiger partial charge >= 0.3 is 0 Å². The van der Waals surface area contributed by atoms with Gasteiger partial charge in [0.1, 0.15) is 0 Å². The van der Waals surface area contributed by atoms with Crippen LogP contribution in [0.25, 0.3) is 0 Å². The molecule has 2 aliphatic rings. The van der Waals surface area contributed by atoms with E-state index in [9.17, 15) is 0 Å². The zero-order valence-electron chi connectivity index (χ0n) is 18.5. The largest absolute Gasteiger partial charge is 0.298 e. The van der Waals surface area contributed by atoms with Crippen molar-refractivity contribution in [2.75, 3.05) is 26.2 Å². The Balaban J connectivity index is 1.62. The minimum atomic E-state index is -0.104. The Labute approximate surface area is 175 Å². The minimum Gasteiger partial charge on any atom is -0.298 e. The fourth-order valence-corrected chi connectivity index (χ4v) is 4.85. The van der Waals surface area contributed by atoms with Crippen LogP contribution in [0.2, 0.25) is 0 Å². The van der Waals surface area contributed by atoms with Gasteiger partial charge in [-0.2, -0.15) is 0 Å². The summed E-state index contributed by atoms with van der Waals surface area (Å²) in [5.41, 5.74) is 2.47. The highest BCUT2D eigenvalue weighted by molar-refractivity contribution is 5.28. The minimum absolute atomic E-state index is 0.0992. The second kappa shape index (κ2) is 8.52. The van der Waals surface area contributed by atoms with E-state index in [0.717, 1.165) is 44.5 Å². The summed E-state index contributed by atoms with van der Waals surface area (Å²) in [7, 11) is 0. The zero-order valence-corrected chi connectivity index (χ0v) is 18.5. The van der Waals surface area contributed by atoms with E-state index >= 15 is 0 Å². The summed E-state index contributed by atoms with van der Waals surface area (Å²) in [5.74, 6) is 0.968. The van der Waals surface area contributed by atoms with Crippen molar-refractivity contribution >= 4 is 0 Å². The Morgan fingerprint density at radius 1 is 1.03 bits per heavy atom. The summed E-state index contributed by atoms with van der Waals surface area (Å²) in [4.78, 5) is 5.30. The SMILES string of the molecule is CCC(C)(C)n1nnnc1[C@@H](c1ccc(C)cc1)N1CCN(C2CCCC2)CC1. The highest BCUT2D eigenvalue weighted by Gasteiger charge is 2.35. The van der Waals surface area contributed by atoms with Crippen LogP contribution < -0.4 is 0 Å². The van der Waals surface area contributed by atoms with Gasteiger partial charge in [0.15, 0.2) is 5.82 Å². The van der Waals surface area contributed by atoms with E-state index < -0.39 is 0 Å². The summed E-state index contributed by atoms with van der Waals surface area (Å²) >= 11 is 0. The number of aryl methyl sites for hydroxylation is 1. The first kappa shape index (κ1) is 20.5. The molecule has 1 saturated carbocycles. The van der Waals surface area contributed by atoms with Crippen LogP contribution in [0.1, 0.15) is 75.9 Å². The molecule has 0 unspecified atom stereocenters. The third kappa shape index (κ3) is 4.24. The predicted molar refractivity (Wildman–Crippen MR) is 116 cm³/mol. The number of tetrazole rings is 1. The highest BCUT2D eigenvalue weighted by Crippen LogP contribution is 2.33. The van der Waals surface area contributed by atoms with Crippen LogP contribution in [-0.2, 0) is 5.54 Å². The molecule has 1 aromatic carbocycles. The van der Waals surface area contributed by atoms with Crippen LogP contribution in [0.15, 0.2) is 24.3 Å². The second-order valence-electron chi connectivity index (χ2n) is 9.44. The fourth-order valence-electron chi connectivity index (χ4n) is 4.85. The third-order valence-electron chi connectivity index (χ3n) is 7.12. The topological polar surface area (TPSA) is 50.1 Å². The van der Waals surface area contributed by atoms with Gasteiger partial charge in [-0.1, -0.05) is 49.6 Å². The van der Waals surface area contributed by atoms with E-state index in [0.29, 0.717) is 0 Å². The summed E-state index contributed by atoms with van der Waals surface area (Å²) < 4.78 is 2.06. The number of piperazine rings is 1. The van der Waals surface area contributed by atoms with Gasteiger partial charge in [0.05, 0.1) is 11.6 Å². The third-order valence-corrected chi connectivity index (χ3v) is 7.12. The lowest BCUT2D eigenvalue weighted by atomic mass is 9.98. The molecule has 6 heteroatoms. The molecule has 1 aromatic heterocycles. The molecule has 2 fully saturated rings. The molecule has 0 N–H and O–H groups in total. The maximum atomic E-state index is 4.55. The first-order valence-electron chi connectivity index (χ1n) is 11.3. The van der Waals surface area contributed by atoms with Crippen molar-refractivity contribution in [3.05, 3.63) is 41.2 Å². The molecular weight excluding hydrogens is 360 g/mol. The van der Waals surface area contributed by atoms with Crippen molar-refractivity contribution in [1.29, 1.82) is 0 Å². The van der Waals surface area contributed by atoms with Crippen molar-refractivity contribution in [3.8, 4) is 0 Å². The van der Waals surface area contributed by atoms with Gasteiger partial charge in [-0.3, -0.25) is 9.80 Å². The highest BCUT2D eigenvalue weighted by atomic mass is 15.6. The maximum Gasteiger partial charge on any atom is 0.173 e. The zero-order chi connectivity index (χ0) is 20.4. The molecule has 2 heterocycles. The van der Waals surface area contributed by atoms with Crippen molar-refractivity contribution in [3.63, 3.8) is 0 Å². The van der Waals surface area contributed by atoms with Crippen LogP contribution in [0.5, 0.6) is 0 Å². The Bertz CT molecular complexity index is 782. The van der Waals surface area contributed by atoms with Gasteiger partial charge in [0.2, 0.25) is 0 Å². The van der Waals surface area contributed by atoms with Crippen molar-refractivity contribution in [2.24, 2.45) is 0 Å². The molecule has 1 aliphatic carbocycles. The molecule has 0 spiro atoms. The van der Waals surface area contributed by atoms with Gasteiger partial charge in [0, 0.05) is 32.2 Å². The molecule has 2 aromatic rings. The monoisotopic (exact) mass is 396 g/mol. The molecule has 0 bridgehead atoms. The Morgan fingerprint density at radius 3 is 2.31 bits per heavy atom. The molecule has 0 radical (unpaired) electrons. The fraction of sp³-hybridized carbons (Fsp3) is 0.696. The molecule has 1 aliphatic heterocycles. The number of hydrogen-bond acceptors (Lipinski definition) is 5. The quantitative estimate of drug-likeness (QED) is 0.744. The van der Waals surface area contributed by atoms with Crippen LogP contribution in [0.4, 0.5) is 0 Å². The average Bonchev–Trinajstić information content (AvgIpc) is 3.43. The van der Waals surface area contributed by atoms with Gasteiger partial charge < -0.3 is 0 Å². The van der Waals surface area contributed by atoms with Crippen LogP contribution in [0.3, 0.4) is 0 Å². The number of aromatic nitrogens is 4. The van der Waals surface area contributed by atoms with E-state index in [1.54, 1.807) is 0 Å². The molecule has 158 valence electrons. The van der Waals surface area contributed by atoms with Gasteiger partial charge in [-0.05, 0) is 56.0 Å². The lowest BCUT2D eigenvalue weighted by Crippen LogP contribution is -2.51. The van der Waals surface area contributed by atoms with Crippen LogP contribution in [-0.4, -0.2) is 62.2 Å². The summed E-state index contributed by atoms with van der Waals surface area (Å²) in [6.07, 6.45) is 6.55. The first-order chi connectivity index (χ1) is 14.0. The molecule has 1 atom stereocenters. The Kier molecular flexibility index (Phi) is 6.02. The van der Waals surface area contributed by atoms with E-state index in [1.165, 1.54) is 36.8 Å². The summed E-state index contributed by atoms with van der Waals surface area (Å²) in [5, 5.41) is 13.1. The van der Waals surface area contributed by atoms with E-state index in [2.05, 4.69) is 82.0 Å². The molecular formula is C23H36N6. The van der Waals surface area contributed by atoms with E-state index in [-0.39, 0.29) is 11.6 Å². The number of benzene rings is 1. The predicted octanol–water partition coefficient (Wildman–Crippen LogP) is 3.78. The lowest BCUT2D eigenvalue weighted by Gasteiger charge is -2.41. The Morgan fingerprint density at radius 2 is 1.69 bits per heavy atom. The lowest BCUT2D eigenvalue weighted by molar-refractivity contribution is 0.0751.